The van der Waals surface area contributed by atoms with Gasteiger partial charge in [0.15, 0.2) is 0 Å². The molecule has 104 valence electrons. The molecule has 0 fully saturated rings. The molecule has 6 heteroatoms. The van der Waals surface area contributed by atoms with E-state index in [-0.39, 0.29) is 0 Å². The molecule has 0 aliphatic heterocycles. The summed E-state index contributed by atoms with van der Waals surface area (Å²) in [5.74, 6) is 0. The summed E-state index contributed by atoms with van der Waals surface area (Å²) in [6.07, 6.45) is 0.937. The van der Waals surface area contributed by atoms with Crippen molar-refractivity contribution in [3.8, 4) is 0 Å². The summed E-state index contributed by atoms with van der Waals surface area (Å²) < 4.78 is 4.41. The van der Waals surface area contributed by atoms with Crippen LogP contribution in [0.15, 0.2) is 19.7 Å². The van der Waals surface area contributed by atoms with Crippen molar-refractivity contribution in [2.75, 3.05) is 7.05 Å². The summed E-state index contributed by atoms with van der Waals surface area (Å²) in [5, 5.41) is 7.90. The van der Waals surface area contributed by atoms with Gasteiger partial charge in [-0.3, -0.25) is 4.68 Å². The molecule has 2 heterocycles. The Morgan fingerprint density at radius 3 is 2.68 bits per heavy atom. The van der Waals surface area contributed by atoms with Crippen LogP contribution in [0, 0.1) is 6.92 Å². The van der Waals surface area contributed by atoms with Crippen LogP contribution in [0.4, 0.5) is 0 Å². The molecule has 3 nitrogen and oxygen atoms in total. The van der Waals surface area contributed by atoms with Crippen LogP contribution in [-0.2, 0) is 13.0 Å². The summed E-state index contributed by atoms with van der Waals surface area (Å²) in [6.45, 7) is 5.08. The minimum absolute atomic E-state index is 0.290. The molecule has 0 aliphatic rings. The number of likely N-dealkylation sites (N-methyl/N-ethyl adjacent to an activating group) is 1. The fraction of sp³-hybridized carbons (Fsp3) is 0.462. The SMILES string of the molecule is CCn1nc(C)cc1CC(NC)c1cc(Br)sc1Br. The van der Waals surface area contributed by atoms with Gasteiger partial charge in [-0.1, -0.05) is 0 Å². The third-order valence-corrected chi connectivity index (χ3v) is 5.49. The number of aromatic nitrogens is 2. The number of nitrogens with zero attached hydrogens (tertiary/aromatic N) is 2. The van der Waals surface area contributed by atoms with Crippen molar-refractivity contribution in [3.05, 3.63) is 36.7 Å². The average Bonchev–Trinajstić information content (AvgIpc) is 2.88. The molecule has 2 aromatic heterocycles. The number of hydrogen-bond donors (Lipinski definition) is 1. The van der Waals surface area contributed by atoms with Crippen LogP contribution in [0.1, 0.15) is 29.9 Å². The van der Waals surface area contributed by atoms with Gasteiger partial charge in [-0.15, -0.1) is 11.3 Å². The Hall–Kier alpha value is -0.170. The Labute approximate surface area is 134 Å². The van der Waals surface area contributed by atoms with Gasteiger partial charge in [0.2, 0.25) is 0 Å². The highest BCUT2D eigenvalue weighted by atomic mass is 79.9. The monoisotopic (exact) mass is 405 g/mol. The van der Waals surface area contributed by atoms with Crippen LogP contribution in [-0.4, -0.2) is 16.8 Å². The van der Waals surface area contributed by atoms with E-state index in [0.29, 0.717) is 6.04 Å². The first kappa shape index (κ1) is 15.2. The molecule has 2 rings (SSSR count). The number of rotatable bonds is 5. The molecular formula is C13H17Br2N3S. The molecule has 1 atom stereocenters. The zero-order valence-electron chi connectivity index (χ0n) is 11.2. The molecule has 0 saturated carbocycles. The Morgan fingerprint density at radius 1 is 1.42 bits per heavy atom. The van der Waals surface area contributed by atoms with E-state index in [9.17, 15) is 0 Å². The van der Waals surface area contributed by atoms with Crippen LogP contribution in [0.5, 0.6) is 0 Å². The zero-order chi connectivity index (χ0) is 14.0. The molecule has 1 unspecified atom stereocenters. The molecule has 1 N–H and O–H groups in total. The molecule has 19 heavy (non-hydrogen) atoms. The maximum absolute atomic E-state index is 4.51. The standard InChI is InChI=1S/C13H17Br2N3S/c1-4-18-9(5-8(2)17-18)6-11(16-3)10-7-12(14)19-13(10)15/h5,7,11,16H,4,6H2,1-3H3. The highest BCUT2D eigenvalue weighted by Crippen LogP contribution is 2.36. The summed E-state index contributed by atoms with van der Waals surface area (Å²) in [5.41, 5.74) is 3.65. The minimum Gasteiger partial charge on any atom is -0.313 e. The van der Waals surface area contributed by atoms with E-state index >= 15 is 0 Å². The van der Waals surface area contributed by atoms with Crippen molar-refractivity contribution in [1.29, 1.82) is 0 Å². The lowest BCUT2D eigenvalue weighted by Crippen LogP contribution is -2.20. The van der Waals surface area contributed by atoms with Crippen molar-refractivity contribution < 1.29 is 0 Å². The topological polar surface area (TPSA) is 29.9 Å². The second kappa shape index (κ2) is 6.52. The summed E-state index contributed by atoms with van der Waals surface area (Å²) in [7, 11) is 2.00. The first-order valence-corrected chi connectivity index (χ1v) is 8.60. The van der Waals surface area contributed by atoms with Crippen LogP contribution < -0.4 is 5.32 Å². The second-order valence-corrected chi connectivity index (χ2v) is 8.17. The number of hydrogen-bond acceptors (Lipinski definition) is 3. The van der Waals surface area contributed by atoms with E-state index in [2.05, 4.69) is 66.0 Å². The Morgan fingerprint density at radius 2 is 2.16 bits per heavy atom. The van der Waals surface area contributed by atoms with E-state index < -0.39 is 0 Å². The van der Waals surface area contributed by atoms with Gasteiger partial charge in [-0.2, -0.15) is 5.10 Å². The smallest absolute Gasteiger partial charge is 0.0758 e. The van der Waals surface area contributed by atoms with Crippen LogP contribution >= 0.6 is 43.2 Å². The molecule has 0 radical (unpaired) electrons. The molecule has 0 aromatic carbocycles. The van der Waals surface area contributed by atoms with Crippen molar-refractivity contribution in [1.82, 2.24) is 15.1 Å². The molecule has 0 amide bonds. The Kier molecular flexibility index (Phi) is 5.22. The lowest BCUT2D eigenvalue weighted by molar-refractivity contribution is 0.541. The molecule has 0 spiro atoms. The number of thiophene rings is 1. The maximum atomic E-state index is 4.51. The van der Waals surface area contributed by atoms with Crippen LogP contribution in [0.2, 0.25) is 0 Å². The lowest BCUT2D eigenvalue weighted by atomic mass is 10.1. The van der Waals surface area contributed by atoms with Gasteiger partial charge < -0.3 is 5.32 Å². The van der Waals surface area contributed by atoms with Gasteiger partial charge in [0.25, 0.3) is 0 Å². The predicted molar refractivity (Wildman–Crippen MR) is 87.9 cm³/mol. The number of halogens is 2. The largest absolute Gasteiger partial charge is 0.313 e. The van der Waals surface area contributed by atoms with E-state index in [1.807, 2.05) is 14.0 Å². The molecule has 0 bridgehead atoms. The average molecular weight is 407 g/mol. The van der Waals surface area contributed by atoms with Crippen LogP contribution in [0.25, 0.3) is 0 Å². The third-order valence-electron chi connectivity index (χ3n) is 3.11. The molecule has 0 aliphatic carbocycles. The fourth-order valence-corrected chi connectivity index (χ4v) is 5.18. The van der Waals surface area contributed by atoms with Crippen molar-refractivity contribution in [2.24, 2.45) is 0 Å². The van der Waals surface area contributed by atoms with Crippen molar-refractivity contribution >= 4 is 43.2 Å². The third kappa shape index (κ3) is 3.48. The van der Waals surface area contributed by atoms with Gasteiger partial charge in [-0.25, -0.2) is 0 Å². The molecular weight excluding hydrogens is 390 g/mol. The van der Waals surface area contributed by atoms with Crippen molar-refractivity contribution in [2.45, 2.75) is 32.9 Å². The van der Waals surface area contributed by atoms with E-state index in [4.69, 9.17) is 0 Å². The summed E-state index contributed by atoms with van der Waals surface area (Å²) >= 11 is 8.89. The zero-order valence-corrected chi connectivity index (χ0v) is 15.2. The van der Waals surface area contributed by atoms with Gasteiger partial charge in [0.05, 0.1) is 13.3 Å². The quantitative estimate of drug-likeness (QED) is 0.801. The fourth-order valence-electron chi connectivity index (χ4n) is 2.20. The van der Waals surface area contributed by atoms with Crippen molar-refractivity contribution in [3.63, 3.8) is 0 Å². The summed E-state index contributed by atoms with van der Waals surface area (Å²) in [4.78, 5) is 0. The predicted octanol–water partition coefficient (Wildman–Crippen LogP) is 4.30. The van der Waals surface area contributed by atoms with Gasteiger partial charge in [0.1, 0.15) is 0 Å². The lowest BCUT2D eigenvalue weighted by Gasteiger charge is -2.16. The summed E-state index contributed by atoms with van der Waals surface area (Å²) in [6, 6.07) is 4.64. The van der Waals surface area contributed by atoms with Gasteiger partial charge in [0, 0.05) is 24.7 Å². The Bertz CT molecular complexity index is 562. The second-order valence-electron chi connectivity index (χ2n) is 4.42. The van der Waals surface area contributed by atoms with E-state index in [1.54, 1.807) is 11.3 Å². The highest BCUT2D eigenvalue weighted by molar-refractivity contribution is 9.12. The maximum Gasteiger partial charge on any atom is 0.0758 e. The number of aryl methyl sites for hydroxylation is 2. The Balaban J connectivity index is 2.26. The minimum atomic E-state index is 0.290. The van der Waals surface area contributed by atoms with Crippen LogP contribution in [0.3, 0.4) is 0 Å². The first-order chi connectivity index (χ1) is 9.05. The number of nitrogens with one attached hydrogen (secondary N) is 1. The first-order valence-electron chi connectivity index (χ1n) is 6.20. The molecule has 2 aromatic rings. The van der Waals surface area contributed by atoms with E-state index in [0.717, 1.165) is 22.4 Å². The normalized spacial score (nSPS) is 12.9. The molecule has 0 saturated heterocycles. The van der Waals surface area contributed by atoms with E-state index in [1.165, 1.54) is 15.0 Å². The van der Waals surface area contributed by atoms with Gasteiger partial charge >= 0.3 is 0 Å². The highest BCUT2D eigenvalue weighted by Gasteiger charge is 2.18. The van der Waals surface area contributed by atoms with Gasteiger partial charge in [-0.05, 0) is 70.5 Å².